The summed E-state index contributed by atoms with van der Waals surface area (Å²) in [6.45, 7) is 2.63. The van der Waals surface area contributed by atoms with Crippen molar-refractivity contribution >= 4 is 5.82 Å². The maximum Gasteiger partial charge on any atom is 0.129 e. The summed E-state index contributed by atoms with van der Waals surface area (Å²) < 4.78 is 0. The summed E-state index contributed by atoms with van der Waals surface area (Å²) in [4.78, 5) is 8.15. The van der Waals surface area contributed by atoms with Gasteiger partial charge in [-0.05, 0) is 19.4 Å². The van der Waals surface area contributed by atoms with Crippen molar-refractivity contribution in [1.82, 2.24) is 9.97 Å². The Bertz CT molecular complexity index is 303. The molecule has 1 aromatic heterocycles. The minimum absolute atomic E-state index is 0.580. The Morgan fingerprint density at radius 2 is 2.46 bits per heavy atom. The summed E-state index contributed by atoms with van der Waals surface area (Å²) in [5, 5.41) is 11.4. The van der Waals surface area contributed by atoms with Gasteiger partial charge in [0.15, 0.2) is 0 Å². The first-order chi connectivity index (χ1) is 6.33. The van der Waals surface area contributed by atoms with E-state index in [0.717, 1.165) is 24.6 Å². The molecule has 1 aromatic rings. The second-order valence-corrected chi connectivity index (χ2v) is 2.68. The highest BCUT2D eigenvalue weighted by molar-refractivity contribution is 5.32. The summed E-state index contributed by atoms with van der Waals surface area (Å²) in [6, 6.07) is 3.91. The van der Waals surface area contributed by atoms with Crippen molar-refractivity contribution < 1.29 is 0 Å². The molecule has 0 saturated heterocycles. The zero-order chi connectivity index (χ0) is 9.52. The van der Waals surface area contributed by atoms with Gasteiger partial charge in [0.2, 0.25) is 0 Å². The monoisotopic (exact) mass is 176 g/mol. The van der Waals surface area contributed by atoms with Gasteiger partial charge in [-0.3, -0.25) is 0 Å². The number of nitriles is 1. The summed E-state index contributed by atoms with van der Waals surface area (Å²) in [6.07, 6.45) is 3.14. The second kappa shape index (κ2) is 5.09. The number of anilines is 1. The SMILES string of the molecule is Cc1nccc(NCCCC#N)n1. The molecule has 0 unspecified atom stereocenters. The number of aryl methyl sites for hydroxylation is 1. The summed E-state index contributed by atoms with van der Waals surface area (Å²) in [5.41, 5.74) is 0. The van der Waals surface area contributed by atoms with Gasteiger partial charge in [0.05, 0.1) is 6.07 Å². The predicted octanol–water partition coefficient (Wildman–Crippen LogP) is 1.50. The molecule has 1 N–H and O–H groups in total. The minimum Gasteiger partial charge on any atom is -0.370 e. The number of hydrogen-bond donors (Lipinski definition) is 1. The van der Waals surface area contributed by atoms with Gasteiger partial charge < -0.3 is 5.32 Å². The number of rotatable bonds is 4. The highest BCUT2D eigenvalue weighted by atomic mass is 15.0. The standard InChI is InChI=1S/C9H12N4/c1-8-11-7-4-9(13-8)12-6-3-2-5-10/h4,7H,2-3,6H2,1H3,(H,11,12,13). The van der Waals surface area contributed by atoms with E-state index < -0.39 is 0 Å². The molecule has 1 heterocycles. The van der Waals surface area contributed by atoms with Gasteiger partial charge in [0.1, 0.15) is 11.6 Å². The van der Waals surface area contributed by atoms with E-state index in [-0.39, 0.29) is 0 Å². The number of nitrogens with zero attached hydrogens (tertiary/aromatic N) is 3. The Morgan fingerprint density at radius 3 is 3.15 bits per heavy atom. The van der Waals surface area contributed by atoms with Crippen LogP contribution in [0.2, 0.25) is 0 Å². The molecule has 0 aliphatic heterocycles. The average molecular weight is 176 g/mol. The van der Waals surface area contributed by atoms with E-state index in [4.69, 9.17) is 5.26 Å². The van der Waals surface area contributed by atoms with Crippen LogP contribution in [0.25, 0.3) is 0 Å². The van der Waals surface area contributed by atoms with Gasteiger partial charge in [-0.1, -0.05) is 0 Å². The molecule has 0 bridgehead atoms. The highest BCUT2D eigenvalue weighted by Crippen LogP contribution is 2.01. The lowest BCUT2D eigenvalue weighted by Crippen LogP contribution is -2.03. The average Bonchev–Trinajstić information content (AvgIpc) is 2.13. The van der Waals surface area contributed by atoms with Crippen molar-refractivity contribution in [2.45, 2.75) is 19.8 Å². The lowest BCUT2D eigenvalue weighted by atomic mass is 10.3. The highest BCUT2D eigenvalue weighted by Gasteiger charge is 1.93. The van der Waals surface area contributed by atoms with Crippen LogP contribution in [0.4, 0.5) is 5.82 Å². The van der Waals surface area contributed by atoms with Gasteiger partial charge in [-0.2, -0.15) is 5.26 Å². The zero-order valence-electron chi connectivity index (χ0n) is 7.62. The van der Waals surface area contributed by atoms with Crippen LogP contribution in [0.5, 0.6) is 0 Å². The summed E-state index contributed by atoms with van der Waals surface area (Å²) in [5.74, 6) is 1.58. The normalized spacial score (nSPS) is 9.23. The Morgan fingerprint density at radius 1 is 1.62 bits per heavy atom. The molecular weight excluding hydrogens is 164 g/mol. The summed E-state index contributed by atoms with van der Waals surface area (Å²) in [7, 11) is 0. The molecule has 0 aromatic carbocycles. The van der Waals surface area contributed by atoms with E-state index in [1.807, 2.05) is 13.0 Å². The third kappa shape index (κ3) is 3.52. The first kappa shape index (κ1) is 9.46. The largest absolute Gasteiger partial charge is 0.370 e. The van der Waals surface area contributed by atoms with E-state index in [1.54, 1.807) is 6.20 Å². The lowest BCUT2D eigenvalue weighted by Gasteiger charge is -2.03. The molecule has 68 valence electrons. The van der Waals surface area contributed by atoms with Crippen molar-refractivity contribution in [3.63, 3.8) is 0 Å². The maximum atomic E-state index is 8.30. The third-order valence-corrected chi connectivity index (χ3v) is 1.55. The topological polar surface area (TPSA) is 61.6 Å². The van der Waals surface area contributed by atoms with Gasteiger partial charge in [-0.25, -0.2) is 9.97 Å². The van der Waals surface area contributed by atoms with Gasteiger partial charge in [0, 0.05) is 19.2 Å². The van der Waals surface area contributed by atoms with E-state index in [0.29, 0.717) is 6.42 Å². The third-order valence-electron chi connectivity index (χ3n) is 1.55. The van der Waals surface area contributed by atoms with Gasteiger partial charge >= 0.3 is 0 Å². The zero-order valence-corrected chi connectivity index (χ0v) is 7.62. The van der Waals surface area contributed by atoms with Crippen LogP contribution < -0.4 is 5.32 Å². The number of aromatic nitrogens is 2. The minimum atomic E-state index is 0.580. The lowest BCUT2D eigenvalue weighted by molar-refractivity contribution is 0.887. The van der Waals surface area contributed by atoms with Gasteiger partial charge in [-0.15, -0.1) is 0 Å². The Kier molecular flexibility index (Phi) is 3.71. The van der Waals surface area contributed by atoms with Crippen molar-refractivity contribution in [3.8, 4) is 6.07 Å². The molecule has 0 spiro atoms. The van der Waals surface area contributed by atoms with Crippen LogP contribution in [0, 0.1) is 18.3 Å². The molecule has 0 saturated carbocycles. The summed E-state index contributed by atoms with van der Waals surface area (Å²) >= 11 is 0. The second-order valence-electron chi connectivity index (χ2n) is 2.68. The molecule has 13 heavy (non-hydrogen) atoms. The molecule has 0 aliphatic carbocycles. The fourth-order valence-electron chi connectivity index (χ4n) is 0.939. The van der Waals surface area contributed by atoms with Crippen molar-refractivity contribution in [2.24, 2.45) is 0 Å². The molecular formula is C9H12N4. The van der Waals surface area contributed by atoms with Crippen LogP contribution in [-0.4, -0.2) is 16.5 Å². The molecule has 4 heteroatoms. The van der Waals surface area contributed by atoms with E-state index in [9.17, 15) is 0 Å². The molecule has 1 rings (SSSR count). The number of nitrogens with one attached hydrogen (secondary N) is 1. The van der Waals surface area contributed by atoms with Crippen LogP contribution in [0.1, 0.15) is 18.7 Å². The fraction of sp³-hybridized carbons (Fsp3) is 0.444. The van der Waals surface area contributed by atoms with E-state index in [2.05, 4.69) is 21.4 Å². The van der Waals surface area contributed by atoms with Crippen LogP contribution >= 0.6 is 0 Å². The fourth-order valence-corrected chi connectivity index (χ4v) is 0.939. The molecule has 0 fully saturated rings. The predicted molar refractivity (Wildman–Crippen MR) is 50.1 cm³/mol. The van der Waals surface area contributed by atoms with Gasteiger partial charge in [0.25, 0.3) is 0 Å². The first-order valence-corrected chi connectivity index (χ1v) is 4.23. The first-order valence-electron chi connectivity index (χ1n) is 4.23. The van der Waals surface area contributed by atoms with Crippen LogP contribution in [-0.2, 0) is 0 Å². The molecule has 0 atom stereocenters. The van der Waals surface area contributed by atoms with Crippen LogP contribution in [0.15, 0.2) is 12.3 Å². The molecule has 0 aliphatic rings. The Balaban J connectivity index is 2.33. The smallest absolute Gasteiger partial charge is 0.129 e. The molecule has 4 nitrogen and oxygen atoms in total. The van der Waals surface area contributed by atoms with E-state index in [1.165, 1.54) is 0 Å². The van der Waals surface area contributed by atoms with E-state index >= 15 is 0 Å². The molecule has 0 radical (unpaired) electrons. The Hall–Kier alpha value is -1.63. The number of hydrogen-bond acceptors (Lipinski definition) is 4. The Labute approximate surface area is 77.6 Å². The number of unbranched alkanes of at least 4 members (excludes halogenated alkanes) is 1. The molecule has 0 amide bonds. The van der Waals surface area contributed by atoms with Crippen molar-refractivity contribution in [3.05, 3.63) is 18.1 Å². The maximum absolute atomic E-state index is 8.30. The van der Waals surface area contributed by atoms with Crippen LogP contribution in [0.3, 0.4) is 0 Å². The van der Waals surface area contributed by atoms with Crippen molar-refractivity contribution in [1.29, 1.82) is 5.26 Å². The van der Waals surface area contributed by atoms with Crippen molar-refractivity contribution in [2.75, 3.05) is 11.9 Å². The quantitative estimate of drug-likeness (QED) is 0.706.